The summed E-state index contributed by atoms with van der Waals surface area (Å²) in [5.74, 6) is 1.31. The van der Waals surface area contributed by atoms with Gasteiger partial charge in [0.2, 0.25) is 0 Å². The number of hydrogen-bond acceptors (Lipinski definition) is 2. The first-order valence-corrected chi connectivity index (χ1v) is 7.23. The van der Waals surface area contributed by atoms with Crippen LogP contribution >= 0.6 is 15.9 Å². The molecule has 1 N–H and O–H groups in total. The lowest BCUT2D eigenvalue weighted by Gasteiger charge is -2.22. The average molecular weight is 315 g/mol. The molecule has 0 saturated carbocycles. The monoisotopic (exact) mass is 314 g/mol. The molecule has 0 spiro atoms. The molecule has 2 nitrogen and oxygen atoms in total. The third-order valence-electron chi connectivity index (χ3n) is 3.57. The van der Waals surface area contributed by atoms with Crippen molar-refractivity contribution in [3.05, 3.63) is 27.2 Å². The van der Waals surface area contributed by atoms with Gasteiger partial charge in [0.15, 0.2) is 0 Å². The van der Waals surface area contributed by atoms with Crippen LogP contribution in [0.3, 0.4) is 0 Å². The average Bonchev–Trinajstić information content (AvgIpc) is 2.32. The highest BCUT2D eigenvalue weighted by atomic mass is 79.9. The van der Waals surface area contributed by atoms with E-state index in [-0.39, 0.29) is 0 Å². The first-order valence-electron chi connectivity index (χ1n) is 6.43. The van der Waals surface area contributed by atoms with E-state index < -0.39 is 6.10 Å². The smallest absolute Gasteiger partial charge is 0.127 e. The van der Waals surface area contributed by atoms with E-state index in [0.717, 1.165) is 39.8 Å². The van der Waals surface area contributed by atoms with Gasteiger partial charge in [-0.25, -0.2) is 0 Å². The van der Waals surface area contributed by atoms with Crippen molar-refractivity contribution in [1.29, 1.82) is 0 Å². The van der Waals surface area contributed by atoms with Crippen LogP contribution in [0, 0.1) is 19.8 Å². The zero-order chi connectivity index (χ0) is 13.9. The lowest BCUT2D eigenvalue weighted by molar-refractivity contribution is 0.142. The maximum Gasteiger partial charge on any atom is 0.127 e. The second-order valence-corrected chi connectivity index (χ2v) is 5.87. The summed E-state index contributed by atoms with van der Waals surface area (Å²) >= 11 is 3.55. The van der Waals surface area contributed by atoms with Crippen molar-refractivity contribution in [2.24, 2.45) is 5.92 Å². The van der Waals surface area contributed by atoms with Crippen LogP contribution in [0.4, 0.5) is 0 Å². The number of aliphatic hydroxyl groups excluding tert-OH is 1. The third-order valence-corrected chi connectivity index (χ3v) is 4.39. The van der Waals surface area contributed by atoms with Gasteiger partial charge in [-0.1, -0.05) is 36.2 Å². The van der Waals surface area contributed by atoms with Crippen molar-refractivity contribution in [2.45, 2.75) is 46.6 Å². The standard InChI is InChI=1S/C15H23BrO2/c1-6-9(2)7-13(17)14-11(4)12(16)8-10(3)15(14)18-5/h8-9,13,17H,6-7H2,1-5H3. The molecule has 0 aliphatic heterocycles. The van der Waals surface area contributed by atoms with Crippen molar-refractivity contribution in [1.82, 2.24) is 0 Å². The van der Waals surface area contributed by atoms with Gasteiger partial charge in [-0.2, -0.15) is 0 Å². The van der Waals surface area contributed by atoms with E-state index in [1.165, 1.54) is 0 Å². The minimum absolute atomic E-state index is 0.467. The van der Waals surface area contributed by atoms with Crippen LogP contribution in [-0.2, 0) is 0 Å². The molecule has 1 aromatic rings. The number of benzene rings is 1. The van der Waals surface area contributed by atoms with Crippen LogP contribution in [0.25, 0.3) is 0 Å². The van der Waals surface area contributed by atoms with Crippen molar-refractivity contribution < 1.29 is 9.84 Å². The van der Waals surface area contributed by atoms with E-state index in [1.807, 2.05) is 19.9 Å². The number of ether oxygens (including phenoxy) is 1. The number of halogens is 1. The fourth-order valence-electron chi connectivity index (χ4n) is 2.21. The van der Waals surface area contributed by atoms with E-state index >= 15 is 0 Å². The maximum atomic E-state index is 10.5. The Balaban J connectivity index is 3.20. The molecule has 1 aromatic carbocycles. The normalized spacial score (nSPS) is 14.4. The van der Waals surface area contributed by atoms with Gasteiger partial charge in [0.05, 0.1) is 13.2 Å². The Bertz CT molecular complexity index is 415. The molecule has 0 heterocycles. The Morgan fingerprint density at radius 1 is 1.39 bits per heavy atom. The van der Waals surface area contributed by atoms with Gasteiger partial charge in [-0.05, 0) is 43.4 Å². The first-order chi connectivity index (χ1) is 8.42. The van der Waals surface area contributed by atoms with Crippen molar-refractivity contribution in [3.63, 3.8) is 0 Å². The lowest BCUT2D eigenvalue weighted by atomic mass is 9.92. The highest BCUT2D eigenvalue weighted by Gasteiger charge is 2.21. The molecular weight excluding hydrogens is 292 g/mol. The fourth-order valence-corrected chi connectivity index (χ4v) is 2.77. The van der Waals surface area contributed by atoms with Crippen LogP contribution in [0.1, 0.15) is 49.5 Å². The molecule has 1 rings (SSSR count). The predicted molar refractivity (Wildman–Crippen MR) is 79.2 cm³/mol. The van der Waals surface area contributed by atoms with Gasteiger partial charge < -0.3 is 9.84 Å². The van der Waals surface area contributed by atoms with Gasteiger partial charge in [0.1, 0.15) is 5.75 Å². The van der Waals surface area contributed by atoms with Gasteiger partial charge in [-0.3, -0.25) is 0 Å². The van der Waals surface area contributed by atoms with Gasteiger partial charge in [0, 0.05) is 10.0 Å². The molecule has 102 valence electrons. The summed E-state index contributed by atoms with van der Waals surface area (Å²) in [7, 11) is 1.66. The second-order valence-electron chi connectivity index (χ2n) is 5.01. The maximum absolute atomic E-state index is 10.5. The molecule has 0 amide bonds. The highest BCUT2D eigenvalue weighted by molar-refractivity contribution is 9.10. The summed E-state index contributed by atoms with van der Waals surface area (Å²) in [6.07, 6.45) is 1.38. The molecule has 3 heteroatoms. The minimum atomic E-state index is -0.467. The Labute approximate surface area is 118 Å². The van der Waals surface area contributed by atoms with Crippen molar-refractivity contribution >= 4 is 15.9 Å². The zero-order valence-electron chi connectivity index (χ0n) is 11.9. The molecule has 0 aliphatic rings. The summed E-state index contributed by atoms with van der Waals surface area (Å²) in [4.78, 5) is 0. The molecule has 0 bridgehead atoms. The number of methoxy groups -OCH3 is 1. The molecule has 0 aromatic heterocycles. The second kappa shape index (κ2) is 6.58. The molecule has 2 unspecified atom stereocenters. The number of aryl methyl sites for hydroxylation is 1. The number of rotatable bonds is 5. The first kappa shape index (κ1) is 15.5. The summed E-state index contributed by atoms with van der Waals surface area (Å²) in [6, 6.07) is 2.04. The van der Waals surface area contributed by atoms with Crippen molar-refractivity contribution in [3.8, 4) is 5.75 Å². The van der Waals surface area contributed by atoms with E-state index in [1.54, 1.807) is 7.11 Å². The summed E-state index contributed by atoms with van der Waals surface area (Å²) < 4.78 is 6.49. The van der Waals surface area contributed by atoms with E-state index in [2.05, 4.69) is 29.8 Å². The van der Waals surface area contributed by atoms with Gasteiger partial charge >= 0.3 is 0 Å². The topological polar surface area (TPSA) is 29.5 Å². The molecule has 0 radical (unpaired) electrons. The third kappa shape index (κ3) is 3.27. The largest absolute Gasteiger partial charge is 0.496 e. The molecular formula is C15H23BrO2. The summed E-state index contributed by atoms with van der Waals surface area (Å²) in [6.45, 7) is 8.33. The molecule has 0 saturated heterocycles. The van der Waals surface area contributed by atoms with Gasteiger partial charge in [-0.15, -0.1) is 0 Å². The number of hydrogen-bond donors (Lipinski definition) is 1. The number of aliphatic hydroxyl groups is 1. The molecule has 2 atom stereocenters. The predicted octanol–water partition coefficient (Wildman–Crippen LogP) is 4.54. The SMILES string of the molecule is CCC(C)CC(O)c1c(C)c(Br)cc(C)c1OC. The van der Waals surface area contributed by atoms with Crippen molar-refractivity contribution in [2.75, 3.05) is 7.11 Å². The Hall–Kier alpha value is -0.540. The lowest BCUT2D eigenvalue weighted by Crippen LogP contribution is -2.09. The van der Waals surface area contributed by atoms with E-state index in [0.29, 0.717) is 5.92 Å². The van der Waals surface area contributed by atoms with Gasteiger partial charge in [0.25, 0.3) is 0 Å². The zero-order valence-corrected chi connectivity index (χ0v) is 13.5. The molecule has 0 fully saturated rings. The fraction of sp³-hybridized carbons (Fsp3) is 0.600. The van der Waals surface area contributed by atoms with E-state index in [9.17, 15) is 5.11 Å². The molecule has 0 aliphatic carbocycles. The summed E-state index contributed by atoms with van der Waals surface area (Å²) in [5.41, 5.74) is 3.03. The van der Waals surface area contributed by atoms with Crippen LogP contribution in [0.2, 0.25) is 0 Å². The molecule has 18 heavy (non-hydrogen) atoms. The Morgan fingerprint density at radius 2 is 2.00 bits per heavy atom. The Kier molecular flexibility index (Phi) is 5.67. The van der Waals surface area contributed by atoms with E-state index in [4.69, 9.17) is 4.74 Å². The van der Waals surface area contributed by atoms with Crippen LogP contribution < -0.4 is 4.74 Å². The quantitative estimate of drug-likeness (QED) is 0.864. The summed E-state index contributed by atoms with van der Waals surface area (Å²) in [5, 5.41) is 10.5. The van der Waals surface area contributed by atoms with Crippen LogP contribution in [0.5, 0.6) is 5.75 Å². The minimum Gasteiger partial charge on any atom is -0.496 e. The van der Waals surface area contributed by atoms with Crippen LogP contribution in [-0.4, -0.2) is 12.2 Å². The highest BCUT2D eigenvalue weighted by Crippen LogP contribution is 2.38. The Morgan fingerprint density at radius 3 is 2.50 bits per heavy atom. The van der Waals surface area contributed by atoms with Crippen LogP contribution in [0.15, 0.2) is 10.5 Å².